The van der Waals surface area contributed by atoms with Crippen LogP contribution in [0.4, 0.5) is 0 Å². The summed E-state index contributed by atoms with van der Waals surface area (Å²) >= 11 is 0. The van der Waals surface area contributed by atoms with Crippen LogP contribution >= 0.6 is 0 Å². The average Bonchev–Trinajstić information content (AvgIpc) is 2.54. The standard InChI is InChI=1S/C13H18O4/c1-4-13(10(15)8-11(16)17-13)7-5-6-12(2,3)9-14/h14H,4,7-9H2,1-3H3/t13-/m0/s1. The van der Waals surface area contributed by atoms with Crippen molar-refractivity contribution in [3.8, 4) is 11.8 Å². The predicted octanol–water partition coefficient (Wildman–Crippen LogP) is 1.06. The summed E-state index contributed by atoms with van der Waals surface area (Å²) < 4.78 is 5.11. The van der Waals surface area contributed by atoms with E-state index in [9.17, 15) is 9.59 Å². The van der Waals surface area contributed by atoms with Crippen LogP contribution in [-0.2, 0) is 14.3 Å². The molecule has 0 aromatic carbocycles. The molecule has 0 saturated carbocycles. The molecule has 1 aliphatic rings. The van der Waals surface area contributed by atoms with E-state index in [-0.39, 0.29) is 25.2 Å². The number of esters is 1. The van der Waals surface area contributed by atoms with Gasteiger partial charge in [0.25, 0.3) is 0 Å². The molecule has 1 N–H and O–H groups in total. The summed E-state index contributed by atoms with van der Waals surface area (Å²) in [5.41, 5.74) is -1.56. The average molecular weight is 238 g/mol. The molecule has 1 atom stereocenters. The third kappa shape index (κ3) is 3.07. The van der Waals surface area contributed by atoms with Crippen LogP contribution in [-0.4, -0.2) is 29.1 Å². The van der Waals surface area contributed by atoms with Crippen LogP contribution in [0.1, 0.15) is 40.0 Å². The van der Waals surface area contributed by atoms with E-state index >= 15 is 0 Å². The Kier molecular flexibility index (Phi) is 3.94. The number of hydrogen-bond donors (Lipinski definition) is 1. The normalized spacial score (nSPS) is 24.2. The Balaban J connectivity index is 2.78. The van der Waals surface area contributed by atoms with Crippen LogP contribution in [0.3, 0.4) is 0 Å². The lowest BCUT2D eigenvalue weighted by molar-refractivity contribution is -0.151. The summed E-state index contributed by atoms with van der Waals surface area (Å²) in [7, 11) is 0. The molecule has 0 unspecified atom stereocenters. The van der Waals surface area contributed by atoms with E-state index < -0.39 is 17.0 Å². The minimum absolute atomic E-state index is 0.0488. The van der Waals surface area contributed by atoms with Gasteiger partial charge in [0.1, 0.15) is 6.42 Å². The number of cyclic esters (lactones) is 1. The van der Waals surface area contributed by atoms with Crippen LogP contribution < -0.4 is 0 Å². The van der Waals surface area contributed by atoms with E-state index in [4.69, 9.17) is 9.84 Å². The van der Waals surface area contributed by atoms with Gasteiger partial charge in [-0.05, 0) is 20.3 Å². The molecule has 0 aromatic heterocycles. The van der Waals surface area contributed by atoms with Gasteiger partial charge in [-0.15, -0.1) is 0 Å². The van der Waals surface area contributed by atoms with Gasteiger partial charge in [0.05, 0.1) is 13.0 Å². The van der Waals surface area contributed by atoms with Gasteiger partial charge >= 0.3 is 5.97 Å². The first-order valence-corrected chi connectivity index (χ1v) is 5.71. The maximum absolute atomic E-state index is 11.7. The molecule has 17 heavy (non-hydrogen) atoms. The highest BCUT2D eigenvalue weighted by Gasteiger charge is 2.46. The van der Waals surface area contributed by atoms with Crippen molar-refractivity contribution in [2.75, 3.05) is 6.61 Å². The first-order chi connectivity index (χ1) is 7.85. The second kappa shape index (κ2) is 4.89. The molecule has 0 amide bonds. The fourth-order valence-electron chi connectivity index (χ4n) is 1.60. The van der Waals surface area contributed by atoms with Gasteiger partial charge in [-0.3, -0.25) is 9.59 Å². The largest absolute Gasteiger partial charge is 0.450 e. The molecule has 94 valence electrons. The van der Waals surface area contributed by atoms with Crippen LogP contribution in [0.5, 0.6) is 0 Å². The molecule has 4 heteroatoms. The number of Topliss-reactive ketones (excluding diaryl/α,β-unsaturated/α-hetero) is 1. The molecule has 4 nitrogen and oxygen atoms in total. The first kappa shape index (κ1) is 13.7. The van der Waals surface area contributed by atoms with Gasteiger partial charge in [-0.25, -0.2) is 0 Å². The van der Waals surface area contributed by atoms with Crippen LogP contribution in [0, 0.1) is 17.3 Å². The van der Waals surface area contributed by atoms with Crippen LogP contribution in [0.25, 0.3) is 0 Å². The van der Waals surface area contributed by atoms with Crippen molar-refractivity contribution in [1.29, 1.82) is 0 Å². The topological polar surface area (TPSA) is 63.6 Å². The lowest BCUT2D eigenvalue weighted by atomic mass is 9.90. The van der Waals surface area contributed by atoms with E-state index in [1.807, 2.05) is 0 Å². The second-order valence-electron chi connectivity index (χ2n) is 4.94. The van der Waals surface area contributed by atoms with E-state index in [1.54, 1.807) is 20.8 Å². The van der Waals surface area contributed by atoms with Crippen molar-refractivity contribution in [2.45, 2.75) is 45.6 Å². The Morgan fingerprint density at radius 1 is 1.47 bits per heavy atom. The maximum atomic E-state index is 11.7. The van der Waals surface area contributed by atoms with Crippen molar-refractivity contribution in [1.82, 2.24) is 0 Å². The van der Waals surface area contributed by atoms with E-state index in [2.05, 4.69) is 11.8 Å². The zero-order valence-corrected chi connectivity index (χ0v) is 10.5. The lowest BCUT2D eigenvalue weighted by Crippen LogP contribution is -2.34. The van der Waals surface area contributed by atoms with Crippen molar-refractivity contribution < 1.29 is 19.4 Å². The first-order valence-electron chi connectivity index (χ1n) is 5.71. The lowest BCUT2D eigenvalue weighted by Gasteiger charge is -2.22. The Morgan fingerprint density at radius 3 is 2.53 bits per heavy atom. The molecule has 1 saturated heterocycles. The predicted molar refractivity (Wildman–Crippen MR) is 62.0 cm³/mol. The zero-order chi connectivity index (χ0) is 13.1. The van der Waals surface area contributed by atoms with Gasteiger partial charge in [0.15, 0.2) is 11.4 Å². The molecular formula is C13H18O4. The molecule has 1 aliphatic heterocycles. The second-order valence-corrected chi connectivity index (χ2v) is 4.94. The summed E-state index contributed by atoms with van der Waals surface area (Å²) in [6.07, 6.45) is 0.488. The van der Waals surface area contributed by atoms with E-state index in [0.717, 1.165) is 0 Å². The number of ether oxygens (including phenoxy) is 1. The Labute approximate surface area is 101 Å². The molecule has 1 fully saturated rings. The molecule has 0 radical (unpaired) electrons. The van der Waals surface area contributed by atoms with Gasteiger partial charge in [-0.2, -0.15) is 0 Å². The van der Waals surface area contributed by atoms with Crippen LogP contribution in [0.15, 0.2) is 0 Å². The van der Waals surface area contributed by atoms with Gasteiger partial charge in [0.2, 0.25) is 0 Å². The van der Waals surface area contributed by atoms with E-state index in [1.165, 1.54) is 0 Å². The molecule has 1 heterocycles. The minimum Gasteiger partial charge on any atom is -0.450 e. The number of ketones is 1. The Hall–Kier alpha value is -1.34. The fraction of sp³-hybridized carbons (Fsp3) is 0.692. The minimum atomic E-state index is -1.06. The highest BCUT2D eigenvalue weighted by atomic mass is 16.6. The van der Waals surface area contributed by atoms with Gasteiger partial charge < -0.3 is 9.84 Å². The third-order valence-electron chi connectivity index (χ3n) is 2.89. The molecular weight excluding hydrogens is 220 g/mol. The SMILES string of the molecule is CC[C@@]1(CC#CC(C)(C)CO)OC(=O)CC1=O. The molecule has 0 spiro atoms. The molecule has 0 bridgehead atoms. The number of hydrogen-bond acceptors (Lipinski definition) is 4. The van der Waals surface area contributed by atoms with Crippen molar-refractivity contribution in [3.63, 3.8) is 0 Å². The molecule has 0 aliphatic carbocycles. The Bertz CT molecular complexity index is 386. The number of aliphatic hydroxyl groups excluding tert-OH is 1. The smallest absolute Gasteiger partial charge is 0.314 e. The van der Waals surface area contributed by atoms with Crippen molar-refractivity contribution in [3.05, 3.63) is 0 Å². The number of aliphatic hydroxyl groups is 1. The number of carbonyl (C=O) groups is 2. The summed E-state index contributed by atoms with van der Waals surface area (Å²) in [6.45, 7) is 5.37. The van der Waals surface area contributed by atoms with Gasteiger partial charge in [-0.1, -0.05) is 18.8 Å². The summed E-state index contributed by atoms with van der Waals surface area (Å²) in [5.74, 6) is 5.07. The highest BCUT2D eigenvalue weighted by Crippen LogP contribution is 2.29. The molecule has 0 aromatic rings. The zero-order valence-electron chi connectivity index (χ0n) is 10.5. The monoisotopic (exact) mass is 238 g/mol. The van der Waals surface area contributed by atoms with Crippen molar-refractivity contribution in [2.24, 2.45) is 5.41 Å². The summed E-state index contributed by atoms with van der Waals surface area (Å²) in [4.78, 5) is 22.8. The number of carbonyl (C=O) groups excluding carboxylic acids is 2. The third-order valence-corrected chi connectivity index (χ3v) is 2.89. The maximum Gasteiger partial charge on any atom is 0.314 e. The van der Waals surface area contributed by atoms with Crippen LogP contribution in [0.2, 0.25) is 0 Å². The highest BCUT2D eigenvalue weighted by molar-refractivity contribution is 6.06. The quantitative estimate of drug-likeness (QED) is 0.453. The fourth-order valence-corrected chi connectivity index (χ4v) is 1.60. The van der Waals surface area contributed by atoms with E-state index in [0.29, 0.717) is 6.42 Å². The van der Waals surface area contributed by atoms with Crippen molar-refractivity contribution >= 4 is 11.8 Å². The van der Waals surface area contributed by atoms with Gasteiger partial charge in [0, 0.05) is 5.41 Å². The number of rotatable bonds is 3. The molecule has 1 rings (SSSR count). The Morgan fingerprint density at radius 2 is 2.12 bits per heavy atom. The summed E-state index contributed by atoms with van der Waals surface area (Å²) in [5, 5.41) is 9.05. The summed E-state index contributed by atoms with van der Waals surface area (Å²) in [6, 6.07) is 0.